The summed E-state index contributed by atoms with van der Waals surface area (Å²) in [4.78, 5) is 12.2. The van der Waals surface area contributed by atoms with E-state index in [4.69, 9.17) is 4.55 Å². The Labute approximate surface area is 128 Å². The van der Waals surface area contributed by atoms with Crippen LogP contribution in [-0.4, -0.2) is 31.2 Å². The van der Waals surface area contributed by atoms with Gasteiger partial charge in [0.2, 0.25) is 0 Å². The van der Waals surface area contributed by atoms with E-state index in [1.807, 2.05) is 0 Å². The average molecular weight is 327 g/mol. The molecule has 1 aromatic rings. The Kier molecular flexibility index (Phi) is 5.58. The summed E-state index contributed by atoms with van der Waals surface area (Å²) >= 11 is 1.45. The first-order valence-electron chi connectivity index (χ1n) is 6.55. The Morgan fingerprint density at radius 2 is 1.95 bits per heavy atom. The van der Waals surface area contributed by atoms with Crippen LogP contribution < -0.4 is 5.32 Å². The number of nitrogens with one attached hydrogen (secondary N) is 1. The van der Waals surface area contributed by atoms with Gasteiger partial charge in [-0.2, -0.15) is 8.42 Å². The monoisotopic (exact) mass is 327 g/mol. The minimum absolute atomic E-state index is 0.312. The van der Waals surface area contributed by atoms with Crippen LogP contribution in [0.3, 0.4) is 0 Å². The molecule has 7 heteroatoms. The summed E-state index contributed by atoms with van der Waals surface area (Å²) in [6, 6.07) is 8.52. The third-order valence-electron chi connectivity index (χ3n) is 3.05. The van der Waals surface area contributed by atoms with Crippen LogP contribution in [0.1, 0.15) is 18.4 Å². The van der Waals surface area contributed by atoms with Crippen molar-refractivity contribution in [3.05, 3.63) is 46.4 Å². The molecule has 2 N–H and O–H groups in total. The molecule has 21 heavy (non-hydrogen) atoms. The number of benzene rings is 1. The van der Waals surface area contributed by atoms with Gasteiger partial charge in [0.25, 0.3) is 10.1 Å². The van der Waals surface area contributed by atoms with Crippen LogP contribution in [0.5, 0.6) is 0 Å². The molecule has 0 spiro atoms. The third-order valence-corrected chi connectivity index (χ3v) is 4.86. The molecular weight excluding hydrogens is 310 g/mol. The van der Waals surface area contributed by atoms with Gasteiger partial charge in [0.15, 0.2) is 5.12 Å². The van der Waals surface area contributed by atoms with Gasteiger partial charge in [0, 0.05) is 13.0 Å². The summed E-state index contributed by atoms with van der Waals surface area (Å²) in [5.74, 6) is -0.312. The maximum Gasteiger partial charge on any atom is 0.269 e. The minimum atomic E-state index is -3.88. The van der Waals surface area contributed by atoms with Crippen molar-refractivity contribution in [2.24, 2.45) is 0 Å². The standard InChI is InChI=1S/C7H9NOS.C7H8O3S/c9-7-3-5-4-8-2-1-6(5)10-7;8-11(9,10)6-7-4-2-1-3-5-7/h8H,1-4H2;1-5H,6H2,(H,8,9,10). The van der Waals surface area contributed by atoms with Gasteiger partial charge < -0.3 is 5.32 Å². The van der Waals surface area contributed by atoms with E-state index >= 15 is 0 Å². The van der Waals surface area contributed by atoms with Gasteiger partial charge >= 0.3 is 0 Å². The van der Waals surface area contributed by atoms with Gasteiger partial charge in [-0.15, -0.1) is 0 Å². The van der Waals surface area contributed by atoms with Crippen molar-refractivity contribution in [1.82, 2.24) is 5.32 Å². The van der Waals surface area contributed by atoms with Gasteiger partial charge in [-0.25, -0.2) is 0 Å². The van der Waals surface area contributed by atoms with E-state index in [9.17, 15) is 13.2 Å². The molecule has 0 radical (unpaired) electrons. The van der Waals surface area contributed by atoms with Crippen molar-refractivity contribution >= 4 is 27.0 Å². The van der Waals surface area contributed by atoms with Crippen LogP contribution in [-0.2, 0) is 20.7 Å². The number of hydrogen-bond acceptors (Lipinski definition) is 5. The maximum absolute atomic E-state index is 10.9. The zero-order valence-corrected chi connectivity index (χ0v) is 13.0. The first kappa shape index (κ1) is 16.2. The molecule has 0 aliphatic carbocycles. The maximum atomic E-state index is 10.9. The molecule has 0 atom stereocenters. The first-order valence-corrected chi connectivity index (χ1v) is 8.98. The fourth-order valence-corrected chi connectivity index (χ4v) is 3.76. The van der Waals surface area contributed by atoms with Crippen LogP contribution in [0.15, 0.2) is 40.8 Å². The molecule has 0 amide bonds. The second-order valence-corrected chi connectivity index (χ2v) is 7.42. The van der Waals surface area contributed by atoms with Crippen LogP contribution in [0.4, 0.5) is 0 Å². The molecule has 114 valence electrons. The summed E-state index contributed by atoms with van der Waals surface area (Å²) in [6.07, 6.45) is 1.75. The van der Waals surface area contributed by atoms with Crippen molar-refractivity contribution in [2.45, 2.75) is 18.6 Å². The normalized spacial score (nSPS) is 18.0. The molecule has 0 aromatic heterocycles. The molecule has 0 unspecified atom stereocenters. The summed E-state index contributed by atoms with van der Waals surface area (Å²) in [6.45, 7) is 1.98. The lowest BCUT2D eigenvalue weighted by atomic mass is 10.1. The number of carbonyl (C=O) groups excluding carboxylic acids is 1. The number of carbonyl (C=O) groups is 1. The van der Waals surface area contributed by atoms with Crippen molar-refractivity contribution < 1.29 is 17.8 Å². The molecule has 2 heterocycles. The van der Waals surface area contributed by atoms with Crippen molar-refractivity contribution in [1.29, 1.82) is 0 Å². The lowest BCUT2D eigenvalue weighted by Crippen LogP contribution is -2.22. The van der Waals surface area contributed by atoms with E-state index in [2.05, 4.69) is 5.32 Å². The fourth-order valence-electron chi connectivity index (χ4n) is 2.13. The van der Waals surface area contributed by atoms with Crippen LogP contribution in [0.25, 0.3) is 0 Å². The number of hydrogen-bond donors (Lipinski definition) is 2. The Bertz CT molecular complexity index is 618. The molecular formula is C14H17NO4S2. The molecule has 2 aliphatic rings. The lowest BCUT2D eigenvalue weighted by molar-refractivity contribution is -0.110. The highest BCUT2D eigenvalue weighted by Crippen LogP contribution is 2.35. The number of thioether (sulfide) groups is 1. The van der Waals surface area contributed by atoms with E-state index in [0.717, 1.165) is 19.5 Å². The first-order chi connectivity index (χ1) is 9.94. The Morgan fingerprint density at radius 1 is 1.24 bits per heavy atom. The van der Waals surface area contributed by atoms with E-state index < -0.39 is 10.1 Å². The van der Waals surface area contributed by atoms with E-state index in [1.165, 1.54) is 22.2 Å². The van der Waals surface area contributed by atoms with Crippen molar-refractivity contribution in [2.75, 3.05) is 13.1 Å². The Morgan fingerprint density at radius 3 is 2.57 bits per heavy atom. The molecule has 0 saturated heterocycles. The number of rotatable bonds is 2. The highest BCUT2D eigenvalue weighted by Gasteiger charge is 2.23. The van der Waals surface area contributed by atoms with Crippen LogP contribution in [0.2, 0.25) is 0 Å². The Balaban J connectivity index is 0.000000154. The van der Waals surface area contributed by atoms with E-state index in [-0.39, 0.29) is 5.75 Å². The highest BCUT2D eigenvalue weighted by atomic mass is 32.2. The van der Waals surface area contributed by atoms with Gasteiger partial charge in [0.05, 0.1) is 0 Å². The molecule has 3 rings (SSSR count). The van der Waals surface area contributed by atoms with Crippen molar-refractivity contribution in [3.63, 3.8) is 0 Å². The second-order valence-electron chi connectivity index (χ2n) is 4.82. The predicted octanol–water partition coefficient (Wildman–Crippen LogP) is 1.97. The van der Waals surface area contributed by atoms with Crippen LogP contribution >= 0.6 is 11.8 Å². The third kappa shape index (κ3) is 5.62. The second kappa shape index (κ2) is 7.22. The molecule has 0 saturated carbocycles. The van der Waals surface area contributed by atoms with Gasteiger partial charge in [-0.3, -0.25) is 9.35 Å². The topological polar surface area (TPSA) is 83.5 Å². The highest BCUT2D eigenvalue weighted by molar-refractivity contribution is 8.17. The fraction of sp³-hybridized carbons (Fsp3) is 0.357. The van der Waals surface area contributed by atoms with Gasteiger partial charge in [-0.05, 0) is 29.0 Å². The quantitative estimate of drug-likeness (QED) is 0.808. The summed E-state index contributed by atoms with van der Waals surface area (Å²) in [5.41, 5.74) is 1.93. The smallest absolute Gasteiger partial charge is 0.269 e. The SMILES string of the molecule is O=C1CC2=C(CCNC2)S1.O=S(=O)(O)Cc1ccccc1. The Hall–Kier alpha value is -1.15. The average Bonchev–Trinajstić information content (AvgIpc) is 2.78. The summed E-state index contributed by atoms with van der Waals surface area (Å²) in [7, 11) is -3.88. The molecule has 5 nitrogen and oxygen atoms in total. The van der Waals surface area contributed by atoms with E-state index in [0.29, 0.717) is 17.1 Å². The lowest BCUT2D eigenvalue weighted by Gasteiger charge is -2.12. The molecule has 0 fully saturated rings. The van der Waals surface area contributed by atoms with E-state index in [1.54, 1.807) is 30.3 Å². The largest absolute Gasteiger partial charge is 0.313 e. The zero-order chi connectivity index (χ0) is 15.3. The molecule has 0 bridgehead atoms. The minimum Gasteiger partial charge on any atom is -0.313 e. The molecule has 2 aliphatic heterocycles. The van der Waals surface area contributed by atoms with Gasteiger partial charge in [0.1, 0.15) is 5.75 Å². The molecule has 1 aromatic carbocycles. The predicted molar refractivity (Wildman–Crippen MR) is 83.4 cm³/mol. The zero-order valence-electron chi connectivity index (χ0n) is 11.4. The van der Waals surface area contributed by atoms with Crippen molar-refractivity contribution in [3.8, 4) is 0 Å². The summed E-state index contributed by atoms with van der Waals surface area (Å²) in [5, 5.41) is 3.58. The van der Waals surface area contributed by atoms with Crippen LogP contribution in [0, 0.1) is 0 Å². The summed E-state index contributed by atoms with van der Waals surface area (Å²) < 4.78 is 29.2. The van der Waals surface area contributed by atoms with Gasteiger partial charge in [-0.1, -0.05) is 42.1 Å².